The number of hydrogen-bond donors (Lipinski definition) is 1. The van der Waals surface area contributed by atoms with Crippen LogP contribution in [0.25, 0.3) is 0 Å². The van der Waals surface area contributed by atoms with E-state index in [0.717, 1.165) is 26.1 Å². The lowest BCUT2D eigenvalue weighted by Crippen LogP contribution is -2.39. The van der Waals surface area contributed by atoms with Crippen molar-refractivity contribution in [2.75, 3.05) is 13.1 Å². The molecule has 0 spiro atoms. The summed E-state index contributed by atoms with van der Waals surface area (Å²) in [6.45, 7) is 5.15. The van der Waals surface area contributed by atoms with E-state index >= 15 is 0 Å². The molecule has 1 aromatic carbocycles. The van der Waals surface area contributed by atoms with Crippen LogP contribution in [0.2, 0.25) is 0 Å². The van der Waals surface area contributed by atoms with Crippen molar-refractivity contribution in [1.82, 2.24) is 10.2 Å². The zero-order valence-corrected chi connectivity index (χ0v) is 11.0. The minimum absolute atomic E-state index is 0.333. The third-order valence-corrected chi connectivity index (χ3v) is 3.62. The molecule has 0 aromatic heterocycles. The van der Waals surface area contributed by atoms with Gasteiger partial charge in [-0.1, -0.05) is 30.3 Å². The van der Waals surface area contributed by atoms with Crippen molar-refractivity contribution in [3.05, 3.63) is 35.9 Å². The molecule has 0 amide bonds. The van der Waals surface area contributed by atoms with Gasteiger partial charge in [0.15, 0.2) is 0 Å². The fourth-order valence-corrected chi connectivity index (χ4v) is 2.44. The van der Waals surface area contributed by atoms with Crippen molar-refractivity contribution in [3.8, 4) is 6.07 Å². The summed E-state index contributed by atoms with van der Waals surface area (Å²) >= 11 is 0. The third-order valence-electron chi connectivity index (χ3n) is 3.62. The van der Waals surface area contributed by atoms with Gasteiger partial charge in [0.05, 0.1) is 12.5 Å². The molecule has 96 valence electrons. The van der Waals surface area contributed by atoms with Crippen LogP contribution in [-0.2, 0) is 6.54 Å². The Kier molecular flexibility index (Phi) is 4.74. The molecule has 3 nitrogen and oxygen atoms in total. The highest BCUT2D eigenvalue weighted by atomic mass is 15.2. The van der Waals surface area contributed by atoms with Crippen LogP contribution in [0.4, 0.5) is 0 Å². The number of nitriles is 1. The molecule has 2 atom stereocenters. The zero-order chi connectivity index (χ0) is 12.8. The third kappa shape index (κ3) is 3.56. The molecule has 18 heavy (non-hydrogen) atoms. The van der Waals surface area contributed by atoms with Crippen molar-refractivity contribution in [3.63, 3.8) is 0 Å². The number of rotatable bonds is 3. The Balaban J connectivity index is 2.04. The molecule has 1 N–H and O–H groups in total. The Morgan fingerprint density at radius 1 is 1.39 bits per heavy atom. The normalized spacial score (nSPS) is 25.3. The molecule has 1 aromatic rings. The van der Waals surface area contributed by atoms with E-state index in [1.807, 2.05) is 6.07 Å². The molecule has 3 heteroatoms. The monoisotopic (exact) mass is 243 g/mol. The van der Waals surface area contributed by atoms with E-state index in [2.05, 4.69) is 47.5 Å². The molecule has 1 fully saturated rings. The van der Waals surface area contributed by atoms with Crippen LogP contribution in [0, 0.1) is 11.3 Å². The van der Waals surface area contributed by atoms with E-state index in [1.54, 1.807) is 0 Å². The fraction of sp³-hybridized carbons (Fsp3) is 0.533. The van der Waals surface area contributed by atoms with E-state index < -0.39 is 0 Å². The molecule has 0 radical (unpaired) electrons. The molecule has 2 unspecified atom stereocenters. The standard InChI is InChI=1S/C15H21N3/c1-13-8-10-18(15(7-9-16)11-17-13)12-14-5-3-2-4-6-14/h2-6,13,15,17H,7-8,10-12H2,1H3. The zero-order valence-electron chi connectivity index (χ0n) is 11.0. The van der Waals surface area contributed by atoms with Crippen molar-refractivity contribution in [2.45, 2.75) is 38.4 Å². The van der Waals surface area contributed by atoms with Crippen molar-refractivity contribution in [2.24, 2.45) is 0 Å². The predicted molar refractivity (Wildman–Crippen MR) is 73.0 cm³/mol. The highest BCUT2D eigenvalue weighted by Gasteiger charge is 2.22. The minimum Gasteiger partial charge on any atom is -0.313 e. The van der Waals surface area contributed by atoms with Crippen LogP contribution in [0.1, 0.15) is 25.3 Å². The molecule has 1 saturated heterocycles. The largest absolute Gasteiger partial charge is 0.313 e. The molecule has 1 aliphatic rings. The summed E-state index contributed by atoms with van der Waals surface area (Å²) in [5.41, 5.74) is 1.33. The summed E-state index contributed by atoms with van der Waals surface area (Å²) in [5, 5.41) is 12.5. The van der Waals surface area contributed by atoms with Gasteiger partial charge in [0.25, 0.3) is 0 Å². The van der Waals surface area contributed by atoms with Crippen molar-refractivity contribution >= 4 is 0 Å². The average Bonchev–Trinajstić information content (AvgIpc) is 2.56. The lowest BCUT2D eigenvalue weighted by atomic mass is 10.1. The molecule has 1 aliphatic heterocycles. The van der Waals surface area contributed by atoms with Gasteiger partial charge in [-0.3, -0.25) is 4.90 Å². The van der Waals surface area contributed by atoms with E-state index in [9.17, 15) is 0 Å². The van der Waals surface area contributed by atoms with Crippen LogP contribution in [0.3, 0.4) is 0 Å². The first-order valence-electron chi connectivity index (χ1n) is 6.68. The maximum Gasteiger partial charge on any atom is 0.0638 e. The lowest BCUT2D eigenvalue weighted by Gasteiger charge is -2.27. The summed E-state index contributed by atoms with van der Waals surface area (Å²) in [7, 11) is 0. The second-order valence-corrected chi connectivity index (χ2v) is 5.07. The summed E-state index contributed by atoms with van der Waals surface area (Å²) in [6, 6.07) is 13.7. The van der Waals surface area contributed by atoms with Gasteiger partial charge in [0, 0.05) is 31.7 Å². The molecule has 0 aliphatic carbocycles. The smallest absolute Gasteiger partial charge is 0.0638 e. The summed E-state index contributed by atoms with van der Waals surface area (Å²) in [6.07, 6.45) is 1.75. The second kappa shape index (κ2) is 6.53. The van der Waals surface area contributed by atoms with E-state index in [0.29, 0.717) is 18.5 Å². The number of nitrogens with zero attached hydrogens (tertiary/aromatic N) is 2. The maximum absolute atomic E-state index is 8.96. The van der Waals surface area contributed by atoms with Gasteiger partial charge in [-0.25, -0.2) is 0 Å². The van der Waals surface area contributed by atoms with E-state index in [-0.39, 0.29) is 0 Å². The summed E-state index contributed by atoms with van der Waals surface area (Å²) in [5.74, 6) is 0. The molecular weight excluding hydrogens is 222 g/mol. The van der Waals surface area contributed by atoms with Crippen LogP contribution in [-0.4, -0.2) is 30.1 Å². The SMILES string of the molecule is CC1CCN(Cc2ccccc2)C(CC#N)CN1. The van der Waals surface area contributed by atoms with Crippen LogP contribution in [0.5, 0.6) is 0 Å². The highest BCUT2D eigenvalue weighted by molar-refractivity contribution is 5.14. The first kappa shape index (κ1) is 13.1. The van der Waals surface area contributed by atoms with Gasteiger partial charge >= 0.3 is 0 Å². The molecule has 0 bridgehead atoms. The summed E-state index contributed by atoms with van der Waals surface area (Å²) in [4.78, 5) is 2.44. The van der Waals surface area contributed by atoms with Gasteiger partial charge in [0.1, 0.15) is 0 Å². The van der Waals surface area contributed by atoms with Gasteiger partial charge in [0.2, 0.25) is 0 Å². The summed E-state index contributed by atoms with van der Waals surface area (Å²) < 4.78 is 0. The Morgan fingerprint density at radius 2 is 2.17 bits per heavy atom. The highest BCUT2D eigenvalue weighted by Crippen LogP contribution is 2.14. The van der Waals surface area contributed by atoms with Crippen LogP contribution in [0.15, 0.2) is 30.3 Å². The number of hydrogen-bond acceptors (Lipinski definition) is 3. The molecule has 1 heterocycles. The van der Waals surface area contributed by atoms with Crippen molar-refractivity contribution in [1.29, 1.82) is 5.26 Å². The maximum atomic E-state index is 8.96. The quantitative estimate of drug-likeness (QED) is 0.884. The van der Waals surface area contributed by atoms with Crippen molar-refractivity contribution < 1.29 is 0 Å². The molecular formula is C15H21N3. The average molecular weight is 243 g/mol. The van der Waals surface area contributed by atoms with Gasteiger partial charge in [-0.05, 0) is 18.9 Å². The predicted octanol–water partition coefficient (Wildman–Crippen LogP) is 2.15. The first-order valence-corrected chi connectivity index (χ1v) is 6.68. The fourth-order valence-electron chi connectivity index (χ4n) is 2.44. The van der Waals surface area contributed by atoms with E-state index in [4.69, 9.17) is 5.26 Å². The molecule has 2 rings (SSSR count). The minimum atomic E-state index is 0.333. The number of benzene rings is 1. The number of nitrogens with one attached hydrogen (secondary N) is 1. The Morgan fingerprint density at radius 3 is 2.89 bits per heavy atom. The van der Waals surface area contributed by atoms with Crippen LogP contribution < -0.4 is 5.32 Å². The van der Waals surface area contributed by atoms with E-state index in [1.165, 1.54) is 5.56 Å². The topological polar surface area (TPSA) is 39.1 Å². The van der Waals surface area contributed by atoms with Gasteiger partial charge < -0.3 is 5.32 Å². The van der Waals surface area contributed by atoms with Crippen LogP contribution >= 0.6 is 0 Å². The Hall–Kier alpha value is -1.37. The lowest BCUT2D eigenvalue weighted by molar-refractivity contribution is 0.202. The first-order chi connectivity index (χ1) is 8.79. The Bertz CT molecular complexity index is 396. The Labute approximate surface area is 109 Å². The van der Waals surface area contributed by atoms with Gasteiger partial charge in [-0.15, -0.1) is 0 Å². The van der Waals surface area contributed by atoms with Gasteiger partial charge in [-0.2, -0.15) is 5.26 Å². The second-order valence-electron chi connectivity index (χ2n) is 5.07. The molecule has 0 saturated carbocycles.